The van der Waals surface area contributed by atoms with E-state index in [1.807, 2.05) is 0 Å². The topological polar surface area (TPSA) is 0 Å². The van der Waals surface area contributed by atoms with Crippen LogP contribution in [-0.2, 0) is 6.42 Å². The molecular weight excluding hydrogens is 215 g/mol. The minimum atomic E-state index is 0. The second kappa shape index (κ2) is 12.7. The van der Waals surface area contributed by atoms with Crippen LogP contribution < -0.4 is 29.6 Å². The van der Waals surface area contributed by atoms with Gasteiger partial charge in [-0.15, -0.1) is 0 Å². The van der Waals surface area contributed by atoms with E-state index in [0.29, 0.717) is 0 Å². The van der Waals surface area contributed by atoms with E-state index in [1.165, 1.54) is 63.4 Å². The van der Waals surface area contributed by atoms with Gasteiger partial charge in [-0.25, -0.2) is 0 Å². The van der Waals surface area contributed by atoms with Gasteiger partial charge in [0.25, 0.3) is 0 Å². The van der Waals surface area contributed by atoms with Crippen LogP contribution in [-0.4, -0.2) is 0 Å². The SMILES string of the molecule is CCCCCCCCCCc1ccccc1.[H-].[Na+]. The van der Waals surface area contributed by atoms with Crippen LogP contribution in [0.25, 0.3) is 0 Å². The van der Waals surface area contributed by atoms with E-state index in [4.69, 9.17) is 0 Å². The fraction of sp³-hybridized carbons (Fsp3) is 0.625. The molecule has 0 radical (unpaired) electrons. The Balaban J connectivity index is 0. The monoisotopic (exact) mass is 242 g/mol. The number of unbranched alkanes of at least 4 members (excludes halogenated alkanes) is 7. The molecule has 0 bridgehead atoms. The first-order valence-electron chi connectivity index (χ1n) is 6.97. The van der Waals surface area contributed by atoms with Gasteiger partial charge in [0.05, 0.1) is 0 Å². The van der Waals surface area contributed by atoms with Crippen molar-refractivity contribution in [3.63, 3.8) is 0 Å². The molecule has 0 atom stereocenters. The summed E-state index contributed by atoms with van der Waals surface area (Å²) in [7, 11) is 0. The Hall–Kier alpha value is 0.220. The molecule has 1 heteroatoms. The largest absolute Gasteiger partial charge is 1.00 e. The Morgan fingerprint density at radius 3 is 1.88 bits per heavy atom. The van der Waals surface area contributed by atoms with E-state index < -0.39 is 0 Å². The van der Waals surface area contributed by atoms with Crippen molar-refractivity contribution in [2.24, 2.45) is 0 Å². The molecule has 0 nitrogen and oxygen atoms in total. The zero-order chi connectivity index (χ0) is 11.5. The van der Waals surface area contributed by atoms with Crippen LogP contribution in [0.3, 0.4) is 0 Å². The third-order valence-corrected chi connectivity index (χ3v) is 3.16. The molecule has 0 aromatic heterocycles. The fourth-order valence-electron chi connectivity index (χ4n) is 2.11. The predicted molar refractivity (Wildman–Crippen MR) is 73.9 cm³/mol. The van der Waals surface area contributed by atoms with Crippen molar-refractivity contribution in [3.8, 4) is 0 Å². The average Bonchev–Trinajstić information content (AvgIpc) is 2.34. The Morgan fingerprint density at radius 1 is 0.765 bits per heavy atom. The molecule has 0 aliphatic rings. The maximum atomic E-state index is 2.28. The van der Waals surface area contributed by atoms with Gasteiger partial charge in [0.2, 0.25) is 0 Å². The van der Waals surface area contributed by atoms with Gasteiger partial charge < -0.3 is 1.43 Å². The Labute approximate surface area is 131 Å². The number of aryl methyl sites for hydroxylation is 1. The number of rotatable bonds is 9. The Bertz CT molecular complexity index is 249. The van der Waals surface area contributed by atoms with Crippen LogP contribution in [0.1, 0.15) is 65.3 Å². The summed E-state index contributed by atoms with van der Waals surface area (Å²) in [5, 5.41) is 0. The van der Waals surface area contributed by atoms with Crippen LogP contribution in [0, 0.1) is 0 Å². The van der Waals surface area contributed by atoms with Gasteiger partial charge in [-0.05, 0) is 18.4 Å². The molecule has 0 N–H and O–H groups in total. The molecule has 1 aromatic rings. The molecule has 0 saturated heterocycles. The first-order chi connectivity index (χ1) is 7.93. The van der Waals surface area contributed by atoms with Crippen LogP contribution in [0.2, 0.25) is 0 Å². The van der Waals surface area contributed by atoms with Crippen molar-refractivity contribution in [1.82, 2.24) is 0 Å². The molecule has 1 aromatic carbocycles. The van der Waals surface area contributed by atoms with Crippen molar-refractivity contribution in [2.45, 2.75) is 64.7 Å². The molecule has 17 heavy (non-hydrogen) atoms. The summed E-state index contributed by atoms with van der Waals surface area (Å²) in [6.07, 6.45) is 12.5. The fourth-order valence-corrected chi connectivity index (χ4v) is 2.11. The number of hydrogen-bond acceptors (Lipinski definition) is 0. The maximum absolute atomic E-state index is 2.28. The third kappa shape index (κ3) is 9.88. The summed E-state index contributed by atoms with van der Waals surface area (Å²) in [5.74, 6) is 0. The van der Waals surface area contributed by atoms with Gasteiger partial charge in [0.15, 0.2) is 0 Å². The van der Waals surface area contributed by atoms with Crippen LogP contribution in [0.5, 0.6) is 0 Å². The summed E-state index contributed by atoms with van der Waals surface area (Å²) in [5.41, 5.74) is 1.49. The molecule has 0 aliphatic heterocycles. The van der Waals surface area contributed by atoms with Gasteiger partial charge in [-0.1, -0.05) is 82.2 Å². The van der Waals surface area contributed by atoms with Crippen molar-refractivity contribution in [3.05, 3.63) is 35.9 Å². The maximum Gasteiger partial charge on any atom is 1.00 e. The summed E-state index contributed by atoms with van der Waals surface area (Å²) in [4.78, 5) is 0. The van der Waals surface area contributed by atoms with Crippen molar-refractivity contribution >= 4 is 0 Å². The molecule has 0 amide bonds. The van der Waals surface area contributed by atoms with E-state index in [9.17, 15) is 0 Å². The van der Waals surface area contributed by atoms with Crippen molar-refractivity contribution in [1.29, 1.82) is 0 Å². The molecule has 1 rings (SSSR count). The van der Waals surface area contributed by atoms with E-state index in [0.717, 1.165) is 0 Å². The molecule has 0 saturated carbocycles. The molecule has 0 aliphatic carbocycles. The zero-order valence-corrected chi connectivity index (χ0v) is 13.8. The molecule has 0 spiro atoms. The van der Waals surface area contributed by atoms with Crippen LogP contribution in [0.4, 0.5) is 0 Å². The van der Waals surface area contributed by atoms with Crippen LogP contribution in [0.15, 0.2) is 30.3 Å². The number of benzene rings is 1. The smallest absolute Gasteiger partial charge is 1.00 e. The average molecular weight is 242 g/mol. The minimum Gasteiger partial charge on any atom is -1.00 e. The van der Waals surface area contributed by atoms with Gasteiger partial charge in [-0.3, -0.25) is 0 Å². The predicted octanol–water partition coefficient (Wildman–Crippen LogP) is 2.49. The summed E-state index contributed by atoms with van der Waals surface area (Å²) < 4.78 is 0. The molecule has 0 fully saturated rings. The normalized spacial score (nSPS) is 9.94. The first-order valence-corrected chi connectivity index (χ1v) is 6.97. The van der Waals surface area contributed by atoms with Crippen LogP contribution >= 0.6 is 0 Å². The minimum absolute atomic E-state index is 0. The van der Waals surface area contributed by atoms with Gasteiger partial charge in [0.1, 0.15) is 0 Å². The summed E-state index contributed by atoms with van der Waals surface area (Å²) in [6, 6.07) is 10.8. The zero-order valence-electron chi connectivity index (χ0n) is 12.8. The van der Waals surface area contributed by atoms with Gasteiger partial charge in [0, 0.05) is 0 Å². The second-order valence-corrected chi connectivity index (χ2v) is 4.71. The Morgan fingerprint density at radius 2 is 1.29 bits per heavy atom. The van der Waals surface area contributed by atoms with Crippen molar-refractivity contribution in [2.75, 3.05) is 0 Å². The van der Waals surface area contributed by atoms with Gasteiger partial charge in [-0.2, -0.15) is 0 Å². The first kappa shape index (κ1) is 17.2. The molecule has 0 heterocycles. The summed E-state index contributed by atoms with van der Waals surface area (Å²) >= 11 is 0. The number of hydrogen-bond donors (Lipinski definition) is 0. The summed E-state index contributed by atoms with van der Waals surface area (Å²) in [6.45, 7) is 2.28. The Kier molecular flexibility index (Phi) is 12.8. The van der Waals surface area contributed by atoms with E-state index in [1.54, 1.807) is 0 Å². The molecular formula is C16H27Na. The standard InChI is InChI=1S/C16H26.Na.H/c1-2-3-4-5-6-7-8-10-13-16-14-11-9-12-15-16;;/h9,11-12,14-15H,2-8,10,13H2,1H3;;/q;+1;-1. The van der Waals surface area contributed by atoms with Gasteiger partial charge >= 0.3 is 29.6 Å². The quantitative estimate of drug-likeness (QED) is 0.461. The van der Waals surface area contributed by atoms with Crippen molar-refractivity contribution < 1.29 is 31.0 Å². The third-order valence-electron chi connectivity index (χ3n) is 3.16. The van der Waals surface area contributed by atoms with E-state index in [-0.39, 0.29) is 31.0 Å². The molecule has 0 unspecified atom stereocenters. The van der Waals surface area contributed by atoms with E-state index in [2.05, 4.69) is 37.3 Å². The van der Waals surface area contributed by atoms with E-state index >= 15 is 0 Å². The second-order valence-electron chi connectivity index (χ2n) is 4.71. The molecule has 92 valence electrons.